The van der Waals surface area contributed by atoms with Gasteiger partial charge < -0.3 is 9.88 Å². The molecule has 1 aromatic carbocycles. The van der Waals surface area contributed by atoms with Gasteiger partial charge in [0.05, 0.1) is 11.9 Å². The maximum atomic E-state index is 14.0. The first-order valence-electron chi connectivity index (χ1n) is 7.84. The number of carbonyl (C=O) groups is 1. The minimum absolute atomic E-state index is 0.0334. The van der Waals surface area contributed by atoms with E-state index in [0.717, 1.165) is 12.0 Å². The second-order valence-electron chi connectivity index (χ2n) is 6.14. The first kappa shape index (κ1) is 14.7. The molecule has 1 aliphatic carbocycles. The van der Waals surface area contributed by atoms with Crippen molar-refractivity contribution in [2.24, 2.45) is 13.0 Å². The summed E-state index contributed by atoms with van der Waals surface area (Å²) in [4.78, 5) is 12.4. The maximum absolute atomic E-state index is 14.0. The topological polar surface area (TPSA) is 51.9 Å². The molecule has 6 heteroatoms. The molecule has 1 N–H and O–H groups in total. The summed E-state index contributed by atoms with van der Waals surface area (Å²) >= 11 is 0. The zero-order valence-electron chi connectivity index (χ0n) is 13.2. The van der Waals surface area contributed by atoms with E-state index < -0.39 is 0 Å². The van der Waals surface area contributed by atoms with Crippen LogP contribution in [-0.4, -0.2) is 20.3 Å². The van der Waals surface area contributed by atoms with Crippen LogP contribution in [0.2, 0.25) is 0 Å². The van der Waals surface area contributed by atoms with Crippen molar-refractivity contribution in [2.45, 2.75) is 12.3 Å². The van der Waals surface area contributed by atoms with Crippen LogP contribution in [0.15, 0.2) is 55.1 Å². The van der Waals surface area contributed by atoms with Gasteiger partial charge in [-0.25, -0.2) is 4.39 Å². The molecule has 1 saturated carbocycles. The Morgan fingerprint density at radius 2 is 2.12 bits per heavy atom. The third kappa shape index (κ3) is 2.71. The molecule has 1 fully saturated rings. The molecule has 0 saturated heterocycles. The Balaban J connectivity index is 1.48. The molecule has 2 heterocycles. The standard InChI is InChI=1S/C18H17FN4O/c1-22-11-12(10-20-22)14-9-15(14)18(24)21-13-4-5-16(19)17(8-13)23-6-2-3-7-23/h2-8,10-11,14-15H,9H2,1H3,(H,21,24)/t14-,15-/m0/s1. The number of anilines is 1. The van der Waals surface area contributed by atoms with E-state index in [1.54, 1.807) is 40.0 Å². The smallest absolute Gasteiger partial charge is 0.228 e. The number of hydrogen-bond donors (Lipinski definition) is 1. The molecule has 1 amide bonds. The Morgan fingerprint density at radius 3 is 2.83 bits per heavy atom. The van der Waals surface area contributed by atoms with Gasteiger partial charge in [-0.1, -0.05) is 0 Å². The molecule has 0 spiro atoms. The van der Waals surface area contributed by atoms with Crippen LogP contribution in [0.4, 0.5) is 10.1 Å². The van der Waals surface area contributed by atoms with Crippen molar-refractivity contribution in [3.05, 3.63) is 66.5 Å². The van der Waals surface area contributed by atoms with Crippen molar-refractivity contribution in [3.63, 3.8) is 0 Å². The van der Waals surface area contributed by atoms with Crippen LogP contribution in [0.1, 0.15) is 17.9 Å². The summed E-state index contributed by atoms with van der Waals surface area (Å²) in [5, 5.41) is 7.04. The van der Waals surface area contributed by atoms with E-state index in [1.807, 2.05) is 25.4 Å². The average Bonchev–Trinajstić information content (AvgIpc) is 2.96. The lowest BCUT2D eigenvalue weighted by Gasteiger charge is -2.09. The van der Waals surface area contributed by atoms with Gasteiger partial charge in [-0.05, 0) is 48.2 Å². The number of carbonyl (C=O) groups excluding carboxylic acids is 1. The Labute approximate surface area is 138 Å². The molecule has 5 nitrogen and oxygen atoms in total. The van der Waals surface area contributed by atoms with Gasteiger partial charge in [0, 0.05) is 37.2 Å². The normalized spacial score (nSPS) is 19.2. The Kier molecular flexibility index (Phi) is 3.45. The van der Waals surface area contributed by atoms with Crippen LogP contribution < -0.4 is 5.32 Å². The molecule has 4 rings (SSSR count). The molecule has 2 aromatic heterocycles. The van der Waals surface area contributed by atoms with Crippen molar-refractivity contribution in [1.82, 2.24) is 14.3 Å². The van der Waals surface area contributed by atoms with Crippen molar-refractivity contribution in [1.29, 1.82) is 0 Å². The number of aryl methyl sites for hydroxylation is 1. The second-order valence-corrected chi connectivity index (χ2v) is 6.14. The molecule has 0 bridgehead atoms. The first-order valence-corrected chi connectivity index (χ1v) is 7.84. The average molecular weight is 324 g/mol. The number of nitrogens with zero attached hydrogens (tertiary/aromatic N) is 3. The minimum Gasteiger partial charge on any atom is -0.326 e. The lowest BCUT2D eigenvalue weighted by molar-refractivity contribution is -0.117. The van der Waals surface area contributed by atoms with Gasteiger partial charge in [0.15, 0.2) is 0 Å². The molecule has 1 aliphatic rings. The van der Waals surface area contributed by atoms with Crippen molar-refractivity contribution in [2.75, 3.05) is 5.32 Å². The largest absolute Gasteiger partial charge is 0.326 e. The van der Waals surface area contributed by atoms with Gasteiger partial charge in [0.2, 0.25) is 5.91 Å². The van der Waals surface area contributed by atoms with Crippen molar-refractivity contribution >= 4 is 11.6 Å². The first-order chi connectivity index (χ1) is 11.6. The van der Waals surface area contributed by atoms with Gasteiger partial charge in [-0.3, -0.25) is 9.48 Å². The summed E-state index contributed by atoms with van der Waals surface area (Å²) in [6, 6.07) is 8.26. The highest BCUT2D eigenvalue weighted by Crippen LogP contribution is 2.47. The number of halogens is 1. The van der Waals surface area contributed by atoms with E-state index in [9.17, 15) is 9.18 Å². The Hall–Kier alpha value is -2.89. The number of rotatable bonds is 4. The van der Waals surface area contributed by atoms with E-state index in [0.29, 0.717) is 11.4 Å². The molecule has 0 radical (unpaired) electrons. The quantitative estimate of drug-likeness (QED) is 0.802. The fraction of sp³-hybridized carbons (Fsp3) is 0.222. The highest BCUT2D eigenvalue weighted by Gasteiger charge is 2.44. The maximum Gasteiger partial charge on any atom is 0.228 e. The Morgan fingerprint density at radius 1 is 1.33 bits per heavy atom. The molecule has 0 unspecified atom stereocenters. The van der Waals surface area contributed by atoms with Crippen LogP contribution in [0.25, 0.3) is 5.69 Å². The highest BCUT2D eigenvalue weighted by molar-refractivity contribution is 5.95. The minimum atomic E-state index is -0.330. The summed E-state index contributed by atoms with van der Waals surface area (Å²) in [5.74, 6) is -0.185. The zero-order chi connectivity index (χ0) is 16.7. The number of aromatic nitrogens is 3. The molecule has 0 aliphatic heterocycles. The summed E-state index contributed by atoms with van der Waals surface area (Å²) in [7, 11) is 1.86. The van der Waals surface area contributed by atoms with Gasteiger partial charge >= 0.3 is 0 Å². The molecule has 24 heavy (non-hydrogen) atoms. The van der Waals surface area contributed by atoms with Gasteiger partial charge in [-0.2, -0.15) is 5.10 Å². The molecular weight excluding hydrogens is 307 g/mol. The van der Waals surface area contributed by atoms with E-state index in [4.69, 9.17) is 0 Å². The van der Waals surface area contributed by atoms with E-state index in [-0.39, 0.29) is 23.6 Å². The van der Waals surface area contributed by atoms with Crippen molar-refractivity contribution in [3.8, 4) is 5.69 Å². The lowest BCUT2D eigenvalue weighted by atomic mass is 10.2. The van der Waals surface area contributed by atoms with Crippen LogP contribution in [0, 0.1) is 11.7 Å². The number of benzene rings is 1. The van der Waals surface area contributed by atoms with Gasteiger partial charge in [-0.15, -0.1) is 0 Å². The van der Waals surface area contributed by atoms with E-state index in [2.05, 4.69) is 10.4 Å². The summed E-state index contributed by atoms with van der Waals surface area (Å²) in [5.41, 5.74) is 2.10. The van der Waals surface area contributed by atoms with E-state index >= 15 is 0 Å². The van der Waals surface area contributed by atoms with Gasteiger partial charge in [0.1, 0.15) is 5.82 Å². The van der Waals surface area contributed by atoms with Crippen LogP contribution >= 0.6 is 0 Å². The summed E-state index contributed by atoms with van der Waals surface area (Å²) in [6.07, 6.45) is 8.11. The second kappa shape index (κ2) is 5.63. The number of nitrogens with one attached hydrogen (secondary N) is 1. The summed E-state index contributed by atoms with van der Waals surface area (Å²) in [6.45, 7) is 0. The predicted octanol–water partition coefficient (Wildman–Crippen LogP) is 3.09. The monoisotopic (exact) mass is 324 g/mol. The number of hydrogen-bond acceptors (Lipinski definition) is 2. The zero-order valence-corrected chi connectivity index (χ0v) is 13.2. The fourth-order valence-electron chi connectivity index (χ4n) is 3.00. The van der Waals surface area contributed by atoms with Gasteiger partial charge in [0.25, 0.3) is 0 Å². The third-order valence-electron chi connectivity index (χ3n) is 4.38. The highest BCUT2D eigenvalue weighted by atomic mass is 19.1. The molecule has 122 valence electrons. The molecular formula is C18H17FN4O. The third-order valence-corrected chi connectivity index (χ3v) is 4.38. The van der Waals surface area contributed by atoms with Crippen molar-refractivity contribution < 1.29 is 9.18 Å². The molecule has 3 aromatic rings. The fourth-order valence-corrected chi connectivity index (χ4v) is 3.00. The summed E-state index contributed by atoms with van der Waals surface area (Å²) < 4.78 is 17.4. The Bertz CT molecular complexity index is 884. The van der Waals surface area contributed by atoms with Crippen LogP contribution in [0.3, 0.4) is 0 Å². The van der Waals surface area contributed by atoms with Crippen LogP contribution in [0.5, 0.6) is 0 Å². The lowest BCUT2D eigenvalue weighted by Crippen LogP contribution is -2.15. The number of amides is 1. The predicted molar refractivity (Wildman–Crippen MR) is 88.4 cm³/mol. The SMILES string of the molecule is Cn1cc([C@@H]2C[C@@H]2C(=O)Nc2ccc(F)c(-n3cccc3)c2)cn1. The van der Waals surface area contributed by atoms with E-state index in [1.165, 1.54) is 6.07 Å². The molecule has 2 atom stereocenters. The van der Waals surface area contributed by atoms with Crippen LogP contribution in [-0.2, 0) is 11.8 Å².